The molecule has 6 atom stereocenters. The summed E-state index contributed by atoms with van der Waals surface area (Å²) in [5.74, 6) is -6.13. The molecule has 4 aliphatic rings. The number of Topliss-reactive ketones (excluding diaryl/α,β-unsaturated/α-hetero) is 1. The third-order valence-corrected chi connectivity index (χ3v) is 10.2. The first kappa shape index (κ1) is 28.3. The number of amides is 2. The maximum atomic E-state index is 14.9. The fourth-order valence-electron chi connectivity index (χ4n) is 8.15. The molecule has 222 valence electrons. The average molecular weight is 610 g/mol. The zero-order valence-corrected chi connectivity index (χ0v) is 24.4. The summed E-state index contributed by atoms with van der Waals surface area (Å²) in [5.41, 5.74) is 1.30. The second kappa shape index (κ2) is 10.3. The number of imide groups is 1. The number of allylic oxidation sites excluding steroid dienone is 4. The van der Waals surface area contributed by atoms with Crippen molar-refractivity contribution in [2.75, 3.05) is 7.11 Å². The molecule has 3 aliphatic carbocycles. The predicted octanol–water partition coefficient (Wildman–Crippen LogP) is 5.27. The molecule has 1 saturated heterocycles. The lowest BCUT2D eigenvalue weighted by atomic mass is 9.44. The van der Waals surface area contributed by atoms with Crippen LogP contribution in [-0.4, -0.2) is 45.9 Å². The van der Waals surface area contributed by atoms with Gasteiger partial charge in [-0.2, -0.15) is 5.06 Å². The van der Waals surface area contributed by atoms with Crippen LogP contribution in [0, 0.1) is 23.7 Å². The second-order valence-corrected chi connectivity index (χ2v) is 12.2. The highest BCUT2D eigenvalue weighted by molar-refractivity contribution is 6.33. The summed E-state index contributed by atoms with van der Waals surface area (Å²) in [5, 5.41) is 21.2. The molecule has 44 heavy (non-hydrogen) atoms. The number of methoxy groups -OCH3 is 1. The van der Waals surface area contributed by atoms with Gasteiger partial charge in [0.2, 0.25) is 0 Å². The van der Waals surface area contributed by atoms with Crippen molar-refractivity contribution < 1.29 is 34.2 Å². The standard InChI is InChI=1S/C35H28ClNO7/c1-44-27-15-19(14-26(36)32(27)40)30-21-12-13-22-29(34(42)37(43)33(22)41)24(21)16-25-31(39)23(18-8-4-2-5-9-18)17-28(38)35(25,30)20-10-6-3-7-11-20/h2-12,14-15,17,22,24-25,29-30,40,43H,13,16H2,1H3. The van der Waals surface area contributed by atoms with Crippen molar-refractivity contribution in [3.63, 3.8) is 0 Å². The second-order valence-electron chi connectivity index (χ2n) is 11.8. The number of nitrogens with zero attached hydrogens (tertiary/aromatic N) is 1. The topological polar surface area (TPSA) is 121 Å². The van der Waals surface area contributed by atoms with Crippen molar-refractivity contribution in [3.05, 3.63) is 112 Å². The van der Waals surface area contributed by atoms with E-state index in [1.807, 2.05) is 42.5 Å². The fourth-order valence-corrected chi connectivity index (χ4v) is 8.37. The van der Waals surface area contributed by atoms with Crippen molar-refractivity contribution in [2.24, 2.45) is 23.7 Å². The quantitative estimate of drug-likeness (QED) is 0.235. The molecule has 2 fully saturated rings. The van der Waals surface area contributed by atoms with Gasteiger partial charge in [-0.1, -0.05) is 83.9 Å². The van der Waals surface area contributed by atoms with Crippen LogP contribution >= 0.6 is 11.6 Å². The maximum Gasteiger partial charge on any atom is 0.257 e. The van der Waals surface area contributed by atoms with Crippen LogP contribution in [0.5, 0.6) is 11.5 Å². The molecule has 3 aromatic carbocycles. The van der Waals surface area contributed by atoms with Crippen LogP contribution in [0.15, 0.2) is 90.5 Å². The molecular weight excluding hydrogens is 582 g/mol. The molecule has 0 bridgehead atoms. The summed E-state index contributed by atoms with van der Waals surface area (Å²) in [7, 11) is 1.39. The number of hydrogen-bond donors (Lipinski definition) is 2. The first-order valence-electron chi connectivity index (χ1n) is 14.4. The number of hydrogen-bond acceptors (Lipinski definition) is 7. The number of phenolic OH excluding ortho intramolecular Hbond substituents is 1. The van der Waals surface area contributed by atoms with Crippen LogP contribution in [0.25, 0.3) is 5.57 Å². The minimum Gasteiger partial charge on any atom is -0.503 e. The van der Waals surface area contributed by atoms with Crippen molar-refractivity contribution in [3.8, 4) is 11.5 Å². The third kappa shape index (κ3) is 3.80. The van der Waals surface area contributed by atoms with Gasteiger partial charge in [-0.3, -0.25) is 24.4 Å². The van der Waals surface area contributed by atoms with Crippen molar-refractivity contribution in [1.29, 1.82) is 0 Å². The van der Waals surface area contributed by atoms with E-state index in [4.69, 9.17) is 16.3 Å². The van der Waals surface area contributed by atoms with E-state index in [-0.39, 0.29) is 51.6 Å². The lowest BCUT2D eigenvalue weighted by molar-refractivity contribution is -0.173. The Hall–Kier alpha value is -4.53. The molecule has 2 amide bonds. The van der Waals surface area contributed by atoms with E-state index in [9.17, 15) is 29.5 Å². The van der Waals surface area contributed by atoms with Crippen LogP contribution in [0.3, 0.4) is 0 Å². The highest BCUT2D eigenvalue weighted by atomic mass is 35.5. The van der Waals surface area contributed by atoms with Crippen molar-refractivity contribution in [1.82, 2.24) is 5.06 Å². The molecule has 0 radical (unpaired) electrons. The third-order valence-electron chi connectivity index (χ3n) is 9.96. The van der Waals surface area contributed by atoms with Crippen LogP contribution in [0.4, 0.5) is 0 Å². The Kier molecular flexibility index (Phi) is 6.60. The monoisotopic (exact) mass is 609 g/mol. The Balaban J connectivity index is 1.55. The molecule has 0 spiro atoms. The summed E-state index contributed by atoms with van der Waals surface area (Å²) in [6.45, 7) is 0. The molecule has 3 aromatic rings. The van der Waals surface area contributed by atoms with Gasteiger partial charge in [0.25, 0.3) is 11.8 Å². The molecule has 2 N–H and O–H groups in total. The van der Waals surface area contributed by atoms with Crippen LogP contribution in [0.2, 0.25) is 5.02 Å². The Bertz CT molecular complexity index is 1800. The Morgan fingerprint density at radius 2 is 1.61 bits per heavy atom. The minimum atomic E-state index is -1.44. The van der Waals surface area contributed by atoms with Crippen LogP contribution < -0.4 is 4.74 Å². The average Bonchev–Trinajstić information content (AvgIpc) is 3.27. The van der Waals surface area contributed by atoms with E-state index in [0.29, 0.717) is 22.3 Å². The molecular formula is C35H28ClNO7. The lowest BCUT2D eigenvalue weighted by Gasteiger charge is -2.55. The first-order chi connectivity index (χ1) is 21.2. The molecule has 9 heteroatoms. The summed E-state index contributed by atoms with van der Waals surface area (Å²) in [6.07, 6.45) is 3.60. The number of benzene rings is 3. The number of carbonyl (C=O) groups excluding carboxylic acids is 4. The number of aromatic hydroxyl groups is 1. The molecule has 0 aromatic heterocycles. The molecule has 8 nitrogen and oxygen atoms in total. The predicted molar refractivity (Wildman–Crippen MR) is 160 cm³/mol. The van der Waals surface area contributed by atoms with E-state index in [1.54, 1.807) is 36.4 Å². The molecule has 6 unspecified atom stereocenters. The fraction of sp³-hybridized carbons (Fsp3) is 0.257. The number of fused-ring (bicyclic) bond motifs is 4. The summed E-state index contributed by atoms with van der Waals surface area (Å²) in [4.78, 5) is 55.9. The lowest BCUT2D eigenvalue weighted by Crippen LogP contribution is -2.58. The van der Waals surface area contributed by atoms with E-state index >= 15 is 0 Å². The van der Waals surface area contributed by atoms with Crippen LogP contribution in [-0.2, 0) is 24.6 Å². The number of hydroxylamine groups is 2. The Morgan fingerprint density at radius 3 is 2.30 bits per heavy atom. The smallest absolute Gasteiger partial charge is 0.257 e. The van der Waals surface area contributed by atoms with Gasteiger partial charge in [-0.25, -0.2) is 0 Å². The highest BCUT2D eigenvalue weighted by Crippen LogP contribution is 2.64. The molecule has 1 aliphatic heterocycles. The number of ketones is 2. The highest BCUT2D eigenvalue weighted by Gasteiger charge is 2.66. The number of rotatable bonds is 4. The number of ether oxygens (including phenoxy) is 1. The largest absolute Gasteiger partial charge is 0.503 e. The molecule has 1 saturated carbocycles. The molecule has 1 heterocycles. The number of halogens is 1. The minimum absolute atomic E-state index is 0.000670. The summed E-state index contributed by atoms with van der Waals surface area (Å²) in [6, 6.07) is 21.3. The van der Waals surface area contributed by atoms with Gasteiger partial charge in [-0.15, -0.1) is 0 Å². The van der Waals surface area contributed by atoms with Gasteiger partial charge in [-0.05, 0) is 53.7 Å². The zero-order chi connectivity index (χ0) is 30.9. The maximum absolute atomic E-state index is 14.9. The van der Waals surface area contributed by atoms with E-state index < -0.39 is 46.8 Å². The van der Waals surface area contributed by atoms with Crippen molar-refractivity contribution >= 4 is 40.6 Å². The number of phenols is 1. The zero-order valence-electron chi connectivity index (χ0n) is 23.6. The van der Waals surface area contributed by atoms with Gasteiger partial charge in [0.1, 0.15) is 0 Å². The van der Waals surface area contributed by atoms with E-state index in [0.717, 1.165) is 0 Å². The molecule has 7 rings (SSSR count). The normalized spacial score (nSPS) is 29.4. The Morgan fingerprint density at radius 1 is 0.932 bits per heavy atom. The van der Waals surface area contributed by atoms with Gasteiger partial charge >= 0.3 is 0 Å². The summed E-state index contributed by atoms with van der Waals surface area (Å²) >= 11 is 6.53. The van der Waals surface area contributed by atoms with Crippen molar-refractivity contribution in [2.45, 2.75) is 24.2 Å². The Labute approximate surface area is 258 Å². The number of carbonyl (C=O) groups is 4. The summed E-state index contributed by atoms with van der Waals surface area (Å²) < 4.78 is 5.45. The van der Waals surface area contributed by atoms with Gasteiger partial charge in [0, 0.05) is 17.4 Å². The SMILES string of the molecule is COc1cc(C2C3=CCC4C(=O)N(O)C(=O)C4C3CC3C(=O)C(c4ccccc4)=CC(=O)C32c2ccccc2)cc(Cl)c1O. The van der Waals surface area contributed by atoms with E-state index in [1.165, 1.54) is 13.2 Å². The van der Waals surface area contributed by atoms with Gasteiger partial charge < -0.3 is 9.84 Å². The van der Waals surface area contributed by atoms with Gasteiger partial charge in [0.15, 0.2) is 23.1 Å². The van der Waals surface area contributed by atoms with Gasteiger partial charge in [0.05, 0.1) is 29.4 Å². The first-order valence-corrected chi connectivity index (χ1v) is 14.8. The van der Waals surface area contributed by atoms with E-state index in [2.05, 4.69) is 0 Å². The van der Waals surface area contributed by atoms with Crippen LogP contribution in [0.1, 0.15) is 35.4 Å².